The van der Waals surface area contributed by atoms with E-state index in [0.29, 0.717) is 13.1 Å². The van der Waals surface area contributed by atoms with Crippen LogP contribution >= 0.6 is 0 Å². The second-order valence-electron chi connectivity index (χ2n) is 6.63. The minimum absolute atomic E-state index is 0.162. The van der Waals surface area contributed by atoms with E-state index < -0.39 is 18.2 Å². The first-order valence-electron chi connectivity index (χ1n) is 8.20. The predicted molar refractivity (Wildman–Crippen MR) is 89.6 cm³/mol. The zero-order valence-corrected chi connectivity index (χ0v) is 14.2. The summed E-state index contributed by atoms with van der Waals surface area (Å²) in [5.41, 5.74) is 0.613. The van der Waals surface area contributed by atoms with E-state index in [2.05, 4.69) is 34.7 Å². The molecule has 1 N–H and O–H groups in total. The lowest BCUT2D eigenvalue weighted by molar-refractivity contribution is 0.141. The summed E-state index contributed by atoms with van der Waals surface area (Å²) in [5.74, 6) is -0.186. The Labute approximate surface area is 144 Å². The Morgan fingerprint density at radius 3 is 2.72 bits per heavy atom. The highest BCUT2D eigenvalue weighted by Crippen LogP contribution is 2.34. The standard InChI is InChI=1S/C17H21F2N5O/c1-17(12-7-4-3-5-8-12)9-6-10-24(11-17)16(25)20-15-13(14(18)19)23(2)22-21-15/h3-5,7-8,14H,6,9-11H2,1-2H3,(H,20,25). The number of piperidine rings is 1. The van der Waals surface area contributed by atoms with Crippen LogP contribution in [0.4, 0.5) is 19.4 Å². The molecular weight excluding hydrogens is 328 g/mol. The van der Waals surface area contributed by atoms with E-state index in [1.165, 1.54) is 12.6 Å². The van der Waals surface area contributed by atoms with Gasteiger partial charge >= 0.3 is 6.03 Å². The Morgan fingerprint density at radius 1 is 1.32 bits per heavy atom. The molecule has 2 amide bonds. The maximum Gasteiger partial charge on any atom is 0.323 e. The van der Waals surface area contributed by atoms with Crippen molar-refractivity contribution in [3.63, 3.8) is 0 Å². The third-order valence-electron chi connectivity index (χ3n) is 4.76. The summed E-state index contributed by atoms with van der Waals surface area (Å²) in [6.07, 6.45) is -0.943. The second-order valence-corrected chi connectivity index (χ2v) is 6.63. The number of likely N-dealkylation sites (tertiary alicyclic amines) is 1. The normalized spacial score (nSPS) is 20.8. The van der Waals surface area contributed by atoms with E-state index in [0.717, 1.165) is 17.5 Å². The van der Waals surface area contributed by atoms with Crippen molar-refractivity contribution in [2.24, 2.45) is 7.05 Å². The smallest absolute Gasteiger partial charge is 0.323 e. The first kappa shape index (κ1) is 17.3. The Balaban J connectivity index is 1.75. The number of aryl methyl sites for hydroxylation is 1. The molecule has 0 radical (unpaired) electrons. The summed E-state index contributed by atoms with van der Waals surface area (Å²) >= 11 is 0. The molecule has 0 spiro atoms. The monoisotopic (exact) mass is 349 g/mol. The first-order chi connectivity index (χ1) is 11.9. The average Bonchev–Trinajstić information content (AvgIpc) is 2.96. The van der Waals surface area contributed by atoms with Gasteiger partial charge in [-0.25, -0.2) is 18.3 Å². The topological polar surface area (TPSA) is 63.1 Å². The van der Waals surface area contributed by atoms with Crippen molar-refractivity contribution in [2.45, 2.75) is 31.6 Å². The second kappa shape index (κ2) is 6.78. The number of nitrogens with one attached hydrogen (secondary N) is 1. The van der Waals surface area contributed by atoms with Crippen molar-refractivity contribution in [3.05, 3.63) is 41.6 Å². The summed E-state index contributed by atoms with van der Waals surface area (Å²) < 4.78 is 27.2. The molecule has 1 atom stereocenters. The maximum absolute atomic E-state index is 13.1. The molecule has 1 aliphatic heterocycles. The molecule has 25 heavy (non-hydrogen) atoms. The fourth-order valence-corrected chi connectivity index (χ4v) is 3.37. The predicted octanol–water partition coefficient (Wildman–Crippen LogP) is 3.34. The number of nitrogens with zero attached hydrogens (tertiary/aromatic N) is 4. The number of benzene rings is 1. The van der Waals surface area contributed by atoms with Gasteiger partial charge in [-0.05, 0) is 18.4 Å². The van der Waals surface area contributed by atoms with E-state index in [4.69, 9.17) is 0 Å². The number of alkyl halides is 2. The molecule has 1 saturated heterocycles. The molecule has 0 saturated carbocycles. The number of hydrogen-bond acceptors (Lipinski definition) is 3. The average molecular weight is 349 g/mol. The molecular formula is C17H21F2N5O. The molecule has 8 heteroatoms. The first-order valence-corrected chi connectivity index (χ1v) is 8.20. The van der Waals surface area contributed by atoms with Crippen molar-refractivity contribution in [1.29, 1.82) is 0 Å². The summed E-state index contributed by atoms with van der Waals surface area (Å²) in [6, 6.07) is 9.60. The number of hydrogen-bond donors (Lipinski definition) is 1. The van der Waals surface area contributed by atoms with Gasteiger partial charge in [0.15, 0.2) is 5.82 Å². The number of halogens is 2. The zero-order valence-electron chi connectivity index (χ0n) is 14.2. The molecule has 1 unspecified atom stereocenters. The van der Waals surface area contributed by atoms with E-state index in [9.17, 15) is 13.6 Å². The largest absolute Gasteiger partial charge is 0.324 e. The van der Waals surface area contributed by atoms with Gasteiger partial charge in [-0.3, -0.25) is 5.32 Å². The van der Waals surface area contributed by atoms with Crippen molar-refractivity contribution in [2.75, 3.05) is 18.4 Å². The molecule has 1 aliphatic rings. The van der Waals surface area contributed by atoms with Crippen molar-refractivity contribution < 1.29 is 13.6 Å². The number of carbonyl (C=O) groups excluding carboxylic acids is 1. The minimum Gasteiger partial charge on any atom is -0.324 e. The van der Waals surface area contributed by atoms with E-state index >= 15 is 0 Å². The number of anilines is 1. The Morgan fingerprint density at radius 2 is 2.04 bits per heavy atom. The zero-order chi connectivity index (χ0) is 18.0. The molecule has 1 aromatic carbocycles. The van der Waals surface area contributed by atoms with Crippen molar-refractivity contribution in [3.8, 4) is 0 Å². The van der Waals surface area contributed by atoms with Gasteiger partial charge in [-0.1, -0.05) is 42.5 Å². The van der Waals surface area contributed by atoms with Gasteiger partial charge in [0.1, 0.15) is 5.69 Å². The van der Waals surface area contributed by atoms with Crippen LogP contribution in [0.1, 0.15) is 37.4 Å². The van der Waals surface area contributed by atoms with Crippen LogP contribution in [-0.2, 0) is 12.5 Å². The number of amides is 2. The van der Waals surface area contributed by atoms with Gasteiger partial charge in [0.05, 0.1) is 0 Å². The minimum atomic E-state index is -2.76. The number of aromatic nitrogens is 3. The molecule has 1 aromatic heterocycles. The molecule has 3 rings (SSSR count). The van der Waals surface area contributed by atoms with Crippen LogP contribution in [0.5, 0.6) is 0 Å². The summed E-state index contributed by atoms with van der Waals surface area (Å²) in [7, 11) is 1.37. The quantitative estimate of drug-likeness (QED) is 0.924. The molecule has 2 aromatic rings. The molecule has 1 fully saturated rings. The van der Waals surface area contributed by atoms with Crippen LogP contribution in [0.3, 0.4) is 0 Å². The summed E-state index contributed by atoms with van der Waals surface area (Å²) in [4.78, 5) is 14.2. The number of urea groups is 1. The van der Waals surface area contributed by atoms with Crippen molar-refractivity contribution >= 4 is 11.8 Å². The Kier molecular flexibility index (Phi) is 4.69. The van der Waals surface area contributed by atoms with Gasteiger partial charge < -0.3 is 4.90 Å². The van der Waals surface area contributed by atoms with Gasteiger partial charge in [-0.15, -0.1) is 5.10 Å². The summed E-state index contributed by atoms with van der Waals surface area (Å²) in [5, 5.41) is 9.69. The third-order valence-corrected chi connectivity index (χ3v) is 4.76. The molecule has 134 valence electrons. The highest BCUT2D eigenvalue weighted by atomic mass is 19.3. The molecule has 2 heterocycles. The molecule has 0 bridgehead atoms. The van der Waals surface area contributed by atoms with Crippen LogP contribution < -0.4 is 5.32 Å². The van der Waals surface area contributed by atoms with Crippen LogP contribution in [0, 0.1) is 0 Å². The fourth-order valence-electron chi connectivity index (χ4n) is 3.37. The molecule has 6 nitrogen and oxygen atoms in total. The van der Waals surface area contributed by atoms with Crippen LogP contribution in [0.25, 0.3) is 0 Å². The highest BCUT2D eigenvalue weighted by molar-refractivity contribution is 5.89. The number of rotatable bonds is 3. The van der Waals surface area contributed by atoms with Gasteiger partial charge in [-0.2, -0.15) is 0 Å². The number of carbonyl (C=O) groups is 1. The molecule has 0 aliphatic carbocycles. The maximum atomic E-state index is 13.1. The van der Waals surface area contributed by atoms with Crippen LogP contribution in [-0.4, -0.2) is 39.0 Å². The van der Waals surface area contributed by atoms with Gasteiger partial charge in [0, 0.05) is 25.6 Å². The van der Waals surface area contributed by atoms with E-state index in [1.54, 1.807) is 4.90 Å². The lowest BCUT2D eigenvalue weighted by Gasteiger charge is -2.40. The van der Waals surface area contributed by atoms with E-state index in [-0.39, 0.29) is 11.2 Å². The van der Waals surface area contributed by atoms with Crippen molar-refractivity contribution in [1.82, 2.24) is 19.9 Å². The Hall–Kier alpha value is -2.51. The van der Waals surface area contributed by atoms with Crippen LogP contribution in [0.15, 0.2) is 30.3 Å². The SMILES string of the molecule is Cn1nnc(NC(=O)N2CCCC(C)(c3ccccc3)C2)c1C(F)F. The van der Waals surface area contributed by atoms with Gasteiger partial charge in [0.25, 0.3) is 6.43 Å². The van der Waals surface area contributed by atoms with Crippen LogP contribution in [0.2, 0.25) is 0 Å². The lowest BCUT2D eigenvalue weighted by atomic mass is 9.76. The highest BCUT2D eigenvalue weighted by Gasteiger charge is 2.35. The third kappa shape index (κ3) is 3.47. The lowest BCUT2D eigenvalue weighted by Crippen LogP contribution is -2.48. The fraction of sp³-hybridized carbons (Fsp3) is 0.471. The van der Waals surface area contributed by atoms with E-state index in [1.807, 2.05) is 18.2 Å². The summed E-state index contributed by atoms with van der Waals surface area (Å²) in [6.45, 7) is 3.22. The van der Waals surface area contributed by atoms with Gasteiger partial charge in [0.2, 0.25) is 0 Å². The Bertz CT molecular complexity index is 749.